The Bertz CT molecular complexity index is 584. The van der Waals surface area contributed by atoms with E-state index in [-0.39, 0.29) is 12.4 Å². The van der Waals surface area contributed by atoms with Crippen LogP contribution in [0.15, 0.2) is 30.3 Å². The van der Waals surface area contributed by atoms with Gasteiger partial charge in [-0.15, -0.1) is 12.4 Å². The molecule has 0 spiro atoms. The van der Waals surface area contributed by atoms with Gasteiger partial charge >= 0.3 is 0 Å². The third kappa shape index (κ3) is 4.59. The van der Waals surface area contributed by atoms with Crippen molar-refractivity contribution in [2.24, 2.45) is 5.92 Å². The summed E-state index contributed by atoms with van der Waals surface area (Å²) in [4.78, 5) is 17.3. The van der Waals surface area contributed by atoms with E-state index in [1.807, 2.05) is 7.05 Å². The molecule has 3 fully saturated rings. The fourth-order valence-electron chi connectivity index (χ4n) is 5.05. The number of carbonyl (C=O) groups is 1. The number of hydrogen-bond donors (Lipinski definition) is 1. The Morgan fingerprint density at radius 3 is 2.54 bits per heavy atom. The molecule has 0 radical (unpaired) electrons. The highest BCUT2D eigenvalue weighted by Crippen LogP contribution is 2.33. The Balaban J connectivity index is 0.00000196. The summed E-state index contributed by atoms with van der Waals surface area (Å²) in [6, 6.07) is 12.4. The van der Waals surface area contributed by atoms with E-state index >= 15 is 0 Å². The van der Waals surface area contributed by atoms with Gasteiger partial charge in [0, 0.05) is 51.2 Å². The normalized spacial score (nSPS) is 30.8. The number of nitrogens with one attached hydrogen (secondary N) is 1. The van der Waals surface area contributed by atoms with Gasteiger partial charge in [0.05, 0.1) is 0 Å². The monoisotopic (exact) mass is 377 g/mol. The lowest BCUT2D eigenvalue weighted by atomic mass is 9.89. The molecule has 4 nitrogen and oxygen atoms in total. The lowest BCUT2D eigenvalue weighted by molar-refractivity contribution is -0.133. The molecule has 3 saturated heterocycles. The second-order valence-corrected chi connectivity index (χ2v) is 8.35. The number of hydrogen-bond acceptors (Lipinski definition) is 3. The highest BCUT2D eigenvalue weighted by atomic mass is 35.5. The van der Waals surface area contributed by atoms with Crippen LogP contribution in [0.2, 0.25) is 0 Å². The smallest absolute Gasteiger partial charge is 0.222 e. The first-order valence-electron chi connectivity index (χ1n) is 9.95. The summed E-state index contributed by atoms with van der Waals surface area (Å²) >= 11 is 0. The second-order valence-electron chi connectivity index (χ2n) is 8.35. The third-order valence-corrected chi connectivity index (χ3v) is 6.47. The van der Waals surface area contributed by atoms with Crippen molar-refractivity contribution in [2.75, 3.05) is 20.1 Å². The first kappa shape index (κ1) is 19.7. The van der Waals surface area contributed by atoms with E-state index in [0.717, 1.165) is 32.5 Å². The van der Waals surface area contributed by atoms with E-state index in [4.69, 9.17) is 0 Å². The molecule has 1 aromatic rings. The maximum Gasteiger partial charge on any atom is 0.222 e. The van der Waals surface area contributed by atoms with Gasteiger partial charge in [-0.25, -0.2) is 0 Å². The summed E-state index contributed by atoms with van der Waals surface area (Å²) in [7, 11) is 2.02. The molecule has 5 heteroatoms. The molecule has 3 aliphatic rings. The molecule has 0 saturated carbocycles. The van der Waals surface area contributed by atoms with Crippen LogP contribution in [0.1, 0.15) is 44.1 Å². The third-order valence-electron chi connectivity index (χ3n) is 6.47. The Hall–Kier alpha value is -1.10. The Morgan fingerprint density at radius 1 is 1.15 bits per heavy atom. The van der Waals surface area contributed by atoms with Crippen molar-refractivity contribution in [3.8, 4) is 0 Å². The van der Waals surface area contributed by atoms with Crippen molar-refractivity contribution in [1.29, 1.82) is 0 Å². The lowest BCUT2D eigenvalue weighted by Gasteiger charge is -2.31. The van der Waals surface area contributed by atoms with Crippen LogP contribution in [0.25, 0.3) is 0 Å². The van der Waals surface area contributed by atoms with E-state index in [2.05, 4.69) is 45.4 Å². The van der Waals surface area contributed by atoms with Crippen molar-refractivity contribution in [2.45, 2.75) is 63.2 Å². The van der Waals surface area contributed by atoms with Gasteiger partial charge in [-0.05, 0) is 43.6 Å². The predicted molar refractivity (Wildman–Crippen MR) is 107 cm³/mol. The van der Waals surface area contributed by atoms with Crippen LogP contribution in [0.4, 0.5) is 0 Å². The lowest BCUT2D eigenvalue weighted by Crippen LogP contribution is -2.42. The fourth-order valence-corrected chi connectivity index (χ4v) is 5.05. The second kappa shape index (κ2) is 8.73. The number of benzene rings is 1. The molecule has 3 heterocycles. The summed E-state index contributed by atoms with van der Waals surface area (Å²) in [6.07, 6.45) is 6.86. The van der Waals surface area contributed by atoms with E-state index in [0.29, 0.717) is 30.0 Å². The molecule has 1 amide bonds. The first-order chi connectivity index (χ1) is 12.2. The van der Waals surface area contributed by atoms with E-state index in [1.165, 1.54) is 31.2 Å². The van der Waals surface area contributed by atoms with E-state index in [1.54, 1.807) is 0 Å². The zero-order valence-corrected chi connectivity index (χ0v) is 16.6. The van der Waals surface area contributed by atoms with Crippen molar-refractivity contribution in [3.63, 3.8) is 0 Å². The zero-order chi connectivity index (χ0) is 17.2. The minimum absolute atomic E-state index is 0. The highest BCUT2D eigenvalue weighted by molar-refractivity contribution is 5.85. The minimum Gasteiger partial charge on any atom is -0.341 e. The summed E-state index contributed by atoms with van der Waals surface area (Å²) in [6.45, 7) is 3.10. The quantitative estimate of drug-likeness (QED) is 0.856. The van der Waals surface area contributed by atoms with Crippen molar-refractivity contribution < 1.29 is 4.79 Å². The van der Waals surface area contributed by atoms with Gasteiger partial charge in [-0.3, -0.25) is 9.69 Å². The average Bonchev–Trinajstić information content (AvgIpc) is 3.21. The number of rotatable bonds is 5. The van der Waals surface area contributed by atoms with Gasteiger partial charge in [0.15, 0.2) is 0 Å². The van der Waals surface area contributed by atoms with Gasteiger partial charge in [-0.1, -0.05) is 30.3 Å². The van der Waals surface area contributed by atoms with Crippen LogP contribution in [0.3, 0.4) is 0 Å². The molecule has 1 N–H and O–H groups in total. The van der Waals surface area contributed by atoms with Gasteiger partial charge in [0.1, 0.15) is 0 Å². The van der Waals surface area contributed by atoms with Crippen LogP contribution < -0.4 is 5.32 Å². The predicted octanol–water partition coefficient (Wildman–Crippen LogP) is 3.06. The molecule has 3 atom stereocenters. The number of halogens is 1. The molecule has 2 bridgehead atoms. The van der Waals surface area contributed by atoms with Crippen molar-refractivity contribution >= 4 is 18.3 Å². The van der Waals surface area contributed by atoms with E-state index in [9.17, 15) is 4.79 Å². The van der Waals surface area contributed by atoms with Gasteiger partial charge in [0.2, 0.25) is 5.91 Å². The summed E-state index contributed by atoms with van der Waals surface area (Å²) in [5, 5.41) is 3.68. The van der Waals surface area contributed by atoms with Crippen LogP contribution in [0.5, 0.6) is 0 Å². The van der Waals surface area contributed by atoms with Crippen molar-refractivity contribution in [1.82, 2.24) is 15.1 Å². The Kier molecular flexibility index (Phi) is 6.60. The molecule has 4 rings (SSSR count). The number of likely N-dealkylation sites (N-methyl/N-ethyl adjacent to an activating group) is 1. The molecular formula is C21H32ClN3O. The van der Waals surface area contributed by atoms with Gasteiger partial charge in [-0.2, -0.15) is 0 Å². The summed E-state index contributed by atoms with van der Waals surface area (Å²) < 4.78 is 0. The van der Waals surface area contributed by atoms with Crippen LogP contribution >= 0.6 is 12.4 Å². The van der Waals surface area contributed by atoms with Crippen molar-refractivity contribution in [3.05, 3.63) is 35.9 Å². The summed E-state index contributed by atoms with van der Waals surface area (Å²) in [5.41, 5.74) is 1.36. The molecular weight excluding hydrogens is 346 g/mol. The minimum atomic E-state index is 0. The molecule has 26 heavy (non-hydrogen) atoms. The largest absolute Gasteiger partial charge is 0.341 e. The standard InChI is InChI=1S/C21H31N3O.ClH/c1-23(21(25)13-17-11-18-7-8-19(12-17)22-18)20-9-10-24(15-20)14-16-5-3-2-4-6-16;/h2-6,17-20,22H,7-15H2,1H3;1H. The maximum atomic E-state index is 12.8. The van der Waals surface area contributed by atoms with E-state index < -0.39 is 0 Å². The van der Waals surface area contributed by atoms with Crippen LogP contribution in [0, 0.1) is 5.92 Å². The maximum absolute atomic E-state index is 12.8. The first-order valence-corrected chi connectivity index (χ1v) is 9.95. The van der Waals surface area contributed by atoms with Crippen LogP contribution in [-0.4, -0.2) is 54.0 Å². The molecule has 0 aliphatic carbocycles. The highest BCUT2D eigenvalue weighted by Gasteiger charge is 2.35. The Labute approximate surface area is 163 Å². The zero-order valence-electron chi connectivity index (χ0n) is 15.8. The van der Waals surface area contributed by atoms with Gasteiger partial charge in [0.25, 0.3) is 0 Å². The topological polar surface area (TPSA) is 35.6 Å². The molecule has 3 unspecified atom stereocenters. The molecule has 144 valence electrons. The number of likely N-dealkylation sites (tertiary alicyclic amines) is 1. The number of piperidine rings is 1. The fraction of sp³-hybridized carbons (Fsp3) is 0.667. The Morgan fingerprint density at radius 2 is 1.85 bits per heavy atom. The van der Waals surface area contributed by atoms with Gasteiger partial charge < -0.3 is 10.2 Å². The molecule has 3 aliphatic heterocycles. The number of carbonyl (C=O) groups excluding carboxylic acids is 1. The number of amides is 1. The number of fused-ring (bicyclic) bond motifs is 2. The molecule has 1 aromatic carbocycles. The number of nitrogens with zero attached hydrogens (tertiary/aromatic N) is 2. The SMILES string of the molecule is CN(C(=O)CC1CC2CCC(C1)N2)C1CCN(Cc2ccccc2)C1.Cl. The van der Waals surface area contributed by atoms with Crippen LogP contribution in [-0.2, 0) is 11.3 Å². The molecule has 0 aromatic heterocycles. The summed E-state index contributed by atoms with van der Waals surface area (Å²) in [5.74, 6) is 0.952. The average molecular weight is 378 g/mol.